The first kappa shape index (κ1) is 10.2. The van der Waals surface area contributed by atoms with Gasteiger partial charge in [0.2, 0.25) is 0 Å². The predicted octanol–water partition coefficient (Wildman–Crippen LogP) is 2.62. The average molecular weight is 207 g/mol. The van der Waals surface area contributed by atoms with E-state index in [0.29, 0.717) is 0 Å². The lowest BCUT2D eigenvalue weighted by atomic mass is 10.1. The van der Waals surface area contributed by atoms with Crippen LogP contribution in [-0.2, 0) is 6.42 Å². The molecule has 15 heavy (non-hydrogen) atoms. The minimum absolute atomic E-state index is 0.203. The topological polar surface area (TPSA) is 36.0 Å². The molecule has 0 atom stereocenters. The Morgan fingerprint density at radius 3 is 2.93 bits per heavy atom. The maximum atomic E-state index is 13.0. The monoisotopic (exact) mass is 207 g/mol. The molecule has 0 spiro atoms. The fourth-order valence-corrected chi connectivity index (χ4v) is 1.78. The number of hydrogen-bond donors (Lipinski definition) is 2. The number of fused-ring (bicyclic) bond motifs is 1. The van der Waals surface area contributed by atoms with Crippen LogP contribution in [0.3, 0.4) is 0 Å². The molecule has 0 aliphatic rings. The minimum Gasteiger partial charge on any atom is -0.396 e. The fraction of sp³-hybridized carbons (Fsp3) is 0.333. The molecule has 3 heteroatoms. The zero-order valence-corrected chi connectivity index (χ0v) is 8.46. The van der Waals surface area contributed by atoms with Crippen molar-refractivity contribution in [3.63, 3.8) is 0 Å². The van der Waals surface area contributed by atoms with Crippen LogP contribution in [0.15, 0.2) is 24.4 Å². The van der Waals surface area contributed by atoms with E-state index in [0.717, 1.165) is 35.7 Å². The van der Waals surface area contributed by atoms with Crippen molar-refractivity contribution in [2.75, 3.05) is 6.61 Å². The summed E-state index contributed by atoms with van der Waals surface area (Å²) in [5.41, 5.74) is 2.09. The van der Waals surface area contributed by atoms with E-state index in [-0.39, 0.29) is 12.4 Å². The molecule has 2 N–H and O–H groups in total. The van der Waals surface area contributed by atoms with E-state index in [1.165, 1.54) is 6.07 Å². The number of H-pyrrole nitrogens is 1. The Morgan fingerprint density at radius 2 is 2.13 bits per heavy atom. The van der Waals surface area contributed by atoms with E-state index in [4.69, 9.17) is 5.11 Å². The second kappa shape index (κ2) is 4.45. The Morgan fingerprint density at radius 1 is 1.27 bits per heavy atom. The van der Waals surface area contributed by atoms with Crippen LogP contribution in [0, 0.1) is 5.82 Å². The largest absolute Gasteiger partial charge is 0.396 e. The highest BCUT2D eigenvalue weighted by atomic mass is 19.1. The van der Waals surface area contributed by atoms with Gasteiger partial charge in [-0.15, -0.1) is 0 Å². The molecule has 1 aromatic carbocycles. The van der Waals surface area contributed by atoms with Crippen molar-refractivity contribution in [1.82, 2.24) is 4.98 Å². The van der Waals surface area contributed by atoms with Crippen molar-refractivity contribution in [2.45, 2.75) is 19.3 Å². The summed E-state index contributed by atoms with van der Waals surface area (Å²) in [6.45, 7) is 0.219. The first-order valence-corrected chi connectivity index (χ1v) is 5.17. The molecule has 0 saturated heterocycles. The molecule has 1 aromatic heterocycles. The Kier molecular flexibility index (Phi) is 3.02. The molecule has 0 aliphatic carbocycles. The number of nitrogens with one attached hydrogen (secondary N) is 1. The predicted molar refractivity (Wildman–Crippen MR) is 58.3 cm³/mol. The molecular weight excluding hydrogens is 193 g/mol. The van der Waals surface area contributed by atoms with Crippen molar-refractivity contribution in [3.05, 3.63) is 35.8 Å². The zero-order chi connectivity index (χ0) is 10.7. The third-order valence-electron chi connectivity index (χ3n) is 2.58. The van der Waals surface area contributed by atoms with Crippen molar-refractivity contribution >= 4 is 10.9 Å². The summed E-state index contributed by atoms with van der Waals surface area (Å²) in [6.07, 6.45) is 4.52. The number of aliphatic hydroxyl groups excluding tert-OH is 1. The van der Waals surface area contributed by atoms with E-state index in [9.17, 15) is 4.39 Å². The van der Waals surface area contributed by atoms with E-state index < -0.39 is 0 Å². The second-order valence-electron chi connectivity index (χ2n) is 3.68. The number of aromatic nitrogens is 1. The molecular formula is C12H14FNO. The number of hydrogen-bond acceptors (Lipinski definition) is 1. The van der Waals surface area contributed by atoms with Crippen LogP contribution in [0.25, 0.3) is 10.9 Å². The van der Waals surface area contributed by atoms with Crippen molar-refractivity contribution < 1.29 is 9.50 Å². The van der Waals surface area contributed by atoms with Crippen molar-refractivity contribution in [2.24, 2.45) is 0 Å². The van der Waals surface area contributed by atoms with Gasteiger partial charge in [-0.3, -0.25) is 0 Å². The normalized spacial score (nSPS) is 11.1. The lowest BCUT2D eigenvalue weighted by molar-refractivity contribution is 0.284. The van der Waals surface area contributed by atoms with Gasteiger partial charge in [0, 0.05) is 23.7 Å². The summed E-state index contributed by atoms with van der Waals surface area (Å²) >= 11 is 0. The maximum absolute atomic E-state index is 13.0. The number of halogens is 1. The number of benzene rings is 1. The average Bonchev–Trinajstić information content (AvgIpc) is 2.62. The van der Waals surface area contributed by atoms with E-state index >= 15 is 0 Å². The van der Waals surface area contributed by atoms with Gasteiger partial charge >= 0.3 is 0 Å². The smallest absolute Gasteiger partial charge is 0.123 e. The van der Waals surface area contributed by atoms with Crippen molar-refractivity contribution in [1.29, 1.82) is 0 Å². The summed E-state index contributed by atoms with van der Waals surface area (Å²) in [5, 5.41) is 9.64. The number of unbranched alkanes of at least 4 members (excludes halogenated alkanes) is 1. The van der Waals surface area contributed by atoms with Crippen molar-refractivity contribution in [3.8, 4) is 0 Å². The van der Waals surface area contributed by atoms with E-state index in [1.54, 1.807) is 12.1 Å². The van der Waals surface area contributed by atoms with Gasteiger partial charge in [-0.05, 0) is 43.0 Å². The van der Waals surface area contributed by atoms with Crippen LogP contribution in [0.4, 0.5) is 4.39 Å². The Labute approximate surface area is 87.7 Å². The molecule has 0 aliphatic heterocycles. The summed E-state index contributed by atoms with van der Waals surface area (Å²) in [5.74, 6) is -0.203. The molecule has 0 amide bonds. The molecule has 2 nitrogen and oxygen atoms in total. The summed E-state index contributed by atoms with van der Waals surface area (Å²) < 4.78 is 13.0. The van der Waals surface area contributed by atoms with Crippen LogP contribution in [0.5, 0.6) is 0 Å². The Bertz CT molecular complexity index is 450. The van der Waals surface area contributed by atoms with Gasteiger partial charge in [-0.1, -0.05) is 0 Å². The van der Waals surface area contributed by atoms with E-state index in [2.05, 4.69) is 4.98 Å². The highest BCUT2D eigenvalue weighted by Gasteiger charge is 2.04. The lowest BCUT2D eigenvalue weighted by Crippen LogP contribution is -1.87. The van der Waals surface area contributed by atoms with Gasteiger partial charge in [-0.25, -0.2) is 4.39 Å². The first-order chi connectivity index (χ1) is 7.31. The molecule has 0 unspecified atom stereocenters. The lowest BCUT2D eigenvalue weighted by Gasteiger charge is -1.98. The minimum atomic E-state index is -0.203. The number of aliphatic hydroxyl groups is 1. The first-order valence-electron chi connectivity index (χ1n) is 5.17. The molecule has 0 bridgehead atoms. The van der Waals surface area contributed by atoms with Gasteiger partial charge in [0.1, 0.15) is 5.82 Å². The molecule has 0 saturated carbocycles. The number of aromatic amines is 1. The van der Waals surface area contributed by atoms with Crippen LogP contribution in [-0.4, -0.2) is 16.7 Å². The van der Waals surface area contributed by atoms with Crippen LogP contribution in [0.2, 0.25) is 0 Å². The zero-order valence-electron chi connectivity index (χ0n) is 8.46. The molecule has 2 aromatic rings. The summed E-state index contributed by atoms with van der Waals surface area (Å²) in [4.78, 5) is 3.11. The van der Waals surface area contributed by atoms with Crippen LogP contribution in [0.1, 0.15) is 18.4 Å². The number of rotatable bonds is 4. The standard InChI is InChI=1S/C12H14FNO/c13-10-4-5-12-11(7-10)9(8-14-12)3-1-2-6-15/h4-5,7-8,14-15H,1-3,6H2. The molecule has 0 fully saturated rings. The Balaban J connectivity index is 2.23. The van der Waals surface area contributed by atoms with Gasteiger partial charge in [0.25, 0.3) is 0 Å². The van der Waals surface area contributed by atoms with Gasteiger partial charge in [0.15, 0.2) is 0 Å². The SMILES string of the molecule is OCCCCc1c[nH]c2ccc(F)cc12. The second-order valence-corrected chi connectivity index (χ2v) is 3.68. The quantitative estimate of drug-likeness (QED) is 0.743. The maximum Gasteiger partial charge on any atom is 0.123 e. The third kappa shape index (κ3) is 2.18. The number of aryl methyl sites for hydroxylation is 1. The van der Waals surface area contributed by atoms with Gasteiger partial charge in [-0.2, -0.15) is 0 Å². The highest BCUT2D eigenvalue weighted by Crippen LogP contribution is 2.20. The third-order valence-corrected chi connectivity index (χ3v) is 2.58. The molecule has 1 heterocycles. The molecule has 80 valence electrons. The van der Waals surface area contributed by atoms with Crippen LogP contribution < -0.4 is 0 Å². The van der Waals surface area contributed by atoms with Crippen LogP contribution >= 0.6 is 0 Å². The molecule has 2 rings (SSSR count). The molecule has 0 radical (unpaired) electrons. The summed E-state index contributed by atoms with van der Waals surface area (Å²) in [7, 11) is 0. The van der Waals surface area contributed by atoms with Gasteiger partial charge < -0.3 is 10.1 Å². The van der Waals surface area contributed by atoms with E-state index in [1.807, 2.05) is 6.20 Å². The van der Waals surface area contributed by atoms with Gasteiger partial charge in [0.05, 0.1) is 0 Å². The summed E-state index contributed by atoms with van der Waals surface area (Å²) in [6, 6.07) is 4.76. The highest BCUT2D eigenvalue weighted by molar-refractivity contribution is 5.83. The Hall–Kier alpha value is -1.35. The fourth-order valence-electron chi connectivity index (χ4n) is 1.78.